The van der Waals surface area contributed by atoms with Gasteiger partial charge in [0.25, 0.3) is 0 Å². The summed E-state index contributed by atoms with van der Waals surface area (Å²) in [4.78, 5) is 0. The van der Waals surface area contributed by atoms with E-state index in [0.29, 0.717) is 6.42 Å². The molecule has 0 aromatic heterocycles. The number of nitriles is 1. The lowest BCUT2D eigenvalue weighted by atomic mass is 9.79. The van der Waals surface area contributed by atoms with Crippen LogP contribution in [0.5, 0.6) is 0 Å². The number of ether oxygens (including phenoxy) is 1. The Morgan fingerprint density at radius 3 is 2.63 bits per heavy atom. The number of benzene rings is 1. The molecule has 1 aliphatic carbocycles. The van der Waals surface area contributed by atoms with E-state index in [-0.39, 0.29) is 0 Å². The lowest BCUT2D eigenvalue weighted by Crippen LogP contribution is -2.33. The fraction of sp³-hybridized carbons (Fsp3) is 0.312. The van der Waals surface area contributed by atoms with Crippen LogP contribution in [0, 0.1) is 11.3 Å². The van der Waals surface area contributed by atoms with Gasteiger partial charge in [0.15, 0.2) is 5.60 Å². The molecule has 1 unspecified atom stereocenters. The highest BCUT2D eigenvalue weighted by molar-refractivity contribution is 9.09. The third-order valence-electron chi connectivity index (χ3n) is 3.43. The fourth-order valence-electron chi connectivity index (χ4n) is 2.38. The van der Waals surface area contributed by atoms with Crippen molar-refractivity contribution in [3.8, 4) is 6.07 Å². The minimum Gasteiger partial charge on any atom is -0.359 e. The van der Waals surface area contributed by atoms with Crippen LogP contribution in [-0.4, -0.2) is 18.0 Å². The van der Waals surface area contributed by atoms with E-state index in [4.69, 9.17) is 4.74 Å². The van der Waals surface area contributed by atoms with Crippen LogP contribution in [0.2, 0.25) is 0 Å². The quantitative estimate of drug-likeness (QED) is 0.783. The van der Waals surface area contributed by atoms with Crippen LogP contribution in [0.15, 0.2) is 48.1 Å². The number of methoxy groups -OCH3 is 1. The largest absolute Gasteiger partial charge is 0.359 e. The van der Waals surface area contributed by atoms with Crippen molar-refractivity contribution in [3.63, 3.8) is 0 Å². The molecule has 98 valence electrons. The van der Waals surface area contributed by atoms with E-state index < -0.39 is 5.60 Å². The summed E-state index contributed by atoms with van der Waals surface area (Å²) in [5.74, 6) is 0. The Morgan fingerprint density at radius 1 is 1.32 bits per heavy atom. The molecule has 2 nitrogen and oxygen atoms in total. The van der Waals surface area contributed by atoms with Gasteiger partial charge in [0.1, 0.15) is 6.07 Å². The molecule has 0 saturated carbocycles. The summed E-state index contributed by atoms with van der Waals surface area (Å²) in [6.45, 7) is 0. The number of hydrogen-bond acceptors (Lipinski definition) is 2. The molecule has 1 atom stereocenters. The van der Waals surface area contributed by atoms with Crippen molar-refractivity contribution in [2.75, 3.05) is 12.4 Å². The molecule has 1 aromatic carbocycles. The second kappa shape index (κ2) is 6.18. The van der Waals surface area contributed by atoms with Crippen molar-refractivity contribution in [1.82, 2.24) is 0 Å². The number of nitrogens with zero attached hydrogens (tertiary/aromatic N) is 1. The highest BCUT2D eigenvalue weighted by Crippen LogP contribution is 2.39. The summed E-state index contributed by atoms with van der Waals surface area (Å²) in [7, 11) is 1.61. The molecule has 1 aliphatic rings. The van der Waals surface area contributed by atoms with E-state index >= 15 is 0 Å². The SMILES string of the molecule is COC1(C#N)CC(CCBr)=CC=C1c1ccccc1. The van der Waals surface area contributed by atoms with Gasteiger partial charge in [0.05, 0.1) is 0 Å². The van der Waals surface area contributed by atoms with Crippen molar-refractivity contribution in [2.45, 2.75) is 18.4 Å². The van der Waals surface area contributed by atoms with Crippen LogP contribution in [0.1, 0.15) is 18.4 Å². The summed E-state index contributed by atoms with van der Waals surface area (Å²) in [6, 6.07) is 12.3. The first-order valence-corrected chi connectivity index (χ1v) is 7.36. The van der Waals surface area contributed by atoms with Crippen molar-refractivity contribution >= 4 is 21.5 Å². The second-order valence-electron chi connectivity index (χ2n) is 4.53. The summed E-state index contributed by atoms with van der Waals surface area (Å²) < 4.78 is 5.59. The molecule has 0 saturated heterocycles. The Labute approximate surface area is 122 Å². The summed E-state index contributed by atoms with van der Waals surface area (Å²) >= 11 is 3.44. The Morgan fingerprint density at radius 2 is 2.05 bits per heavy atom. The monoisotopic (exact) mass is 317 g/mol. The lowest BCUT2D eigenvalue weighted by Gasteiger charge is -2.32. The normalized spacial score (nSPS) is 22.4. The highest BCUT2D eigenvalue weighted by atomic mass is 79.9. The molecular weight excluding hydrogens is 302 g/mol. The summed E-state index contributed by atoms with van der Waals surface area (Å²) in [5, 5.41) is 10.5. The Bertz CT molecular complexity index is 542. The lowest BCUT2D eigenvalue weighted by molar-refractivity contribution is 0.0881. The van der Waals surface area contributed by atoms with Gasteiger partial charge in [0.2, 0.25) is 0 Å². The zero-order valence-corrected chi connectivity index (χ0v) is 12.5. The van der Waals surface area contributed by atoms with Crippen LogP contribution in [0.3, 0.4) is 0 Å². The van der Waals surface area contributed by atoms with Gasteiger partial charge in [0, 0.05) is 24.4 Å². The Hall–Kier alpha value is -1.37. The van der Waals surface area contributed by atoms with Crippen LogP contribution in [0.25, 0.3) is 5.57 Å². The first-order chi connectivity index (χ1) is 9.25. The van der Waals surface area contributed by atoms with Crippen LogP contribution in [-0.2, 0) is 4.74 Å². The molecule has 0 fully saturated rings. The maximum Gasteiger partial charge on any atom is 0.183 e. The molecule has 0 aliphatic heterocycles. The van der Waals surface area contributed by atoms with Crippen molar-refractivity contribution in [3.05, 3.63) is 53.6 Å². The van der Waals surface area contributed by atoms with Gasteiger partial charge in [-0.05, 0) is 12.0 Å². The van der Waals surface area contributed by atoms with Crippen LogP contribution < -0.4 is 0 Å². The smallest absolute Gasteiger partial charge is 0.183 e. The predicted molar refractivity (Wildman–Crippen MR) is 80.9 cm³/mol. The minimum atomic E-state index is -0.867. The van der Waals surface area contributed by atoms with E-state index in [1.54, 1.807) is 7.11 Å². The molecule has 3 heteroatoms. The zero-order chi connectivity index (χ0) is 13.7. The topological polar surface area (TPSA) is 33.0 Å². The van der Waals surface area contributed by atoms with Crippen LogP contribution in [0.4, 0.5) is 0 Å². The molecule has 0 radical (unpaired) electrons. The molecule has 0 heterocycles. The van der Waals surface area contributed by atoms with Gasteiger partial charge in [-0.2, -0.15) is 5.26 Å². The minimum absolute atomic E-state index is 0.631. The average molecular weight is 318 g/mol. The van der Waals surface area contributed by atoms with Gasteiger partial charge < -0.3 is 4.74 Å². The van der Waals surface area contributed by atoms with Gasteiger partial charge in [-0.15, -0.1) is 0 Å². The van der Waals surface area contributed by atoms with E-state index in [9.17, 15) is 5.26 Å². The zero-order valence-electron chi connectivity index (χ0n) is 10.9. The van der Waals surface area contributed by atoms with E-state index in [0.717, 1.165) is 22.9 Å². The molecule has 0 bridgehead atoms. The number of rotatable bonds is 4. The first kappa shape index (κ1) is 14.0. The third kappa shape index (κ3) is 2.80. The summed E-state index contributed by atoms with van der Waals surface area (Å²) in [6.07, 6.45) is 5.69. The Balaban J connectivity index is 2.46. The Kier molecular flexibility index (Phi) is 4.57. The first-order valence-electron chi connectivity index (χ1n) is 6.24. The molecular formula is C16H16BrNO. The van der Waals surface area contributed by atoms with Gasteiger partial charge in [-0.25, -0.2) is 0 Å². The van der Waals surface area contributed by atoms with Crippen molar-refractivity contribution < 1.29 is 4.74 Å². The summed E-state index contributed by atoms with van der Waals surface area (Å²) in [5.41, 5.74) is 2.35. The molecule has 0 N–H and O–H groups in total. The molecule has 0 amide bonds. The van der Waals surface area contributed by atoms with E-state index in [2.05, 4.69) is 28.1 Å². The molecule has 19 heavy (non-hydrogen) atoms. The third-order valence-corrected chi connectivity index (χ3v) is 3.82. The van der Waals surface area contributed by atoms with Crippen molar-refractivity contribution in [2.24, 2.45) is 0 Å². The second-order valence-corrected chi connectivity index (χ2v) is 5.32. The fourth-order valence-corrected chi connectivity index (χ4v) is 2.89. The van der Waals surface area contributed by atoms with Gasteiger partial charge >= 0.3 is 0 Å². The number of hydrogen-bond donors (Lipinski definition) is 0. The van der Waals surface area contributed by atoms with Crippen LogP contribution >= 0.6 is 15.9 Å². The van der Waals surface area contributed by atoms with E-state index in [1.165, 1.54) is 5.57 Å². The molecule has 2 rings (SSSR count). The molecule has 0 spiro atoms. The maximum atomic E-state index is 9.60. The predicted octanol–water partition coefficient (Wildman–Crippen LogP) is 4.09. The van der Waals surface area contributed by atoms with E-state index in [1.807, 2.05) is 36.4 Å². The number of alkyl halides is 1. The van der Waals surface area contributed by atoms with Gasteiger partial charge in [-0.3, -0.25) is 0 Å². The highest BCUT2D eigenvalue weighted by Gasteiger charge is 2.37. The maximum absolute atomic E-state index is 9.60. The average Bonchev–Trinajstić information content (AvgIpc) is 2.48. The number of halogens is 1. The standard InChI is InChI=1S/C16H16BrNO/c1-19-16(12-18)11-13(9-10-17)7-8-15(16)14-5-3-2-4-6-14/h2-8H,9-11H2,1H3. The molecule has 1 aromatic rings. The van der Waals surface area contributed by atoms with Gasteiger partial charge in [-0.1, -0.05) is 64.0 Å². The number of allylic oxidation sites excluding steroid dienone is 2. The van der Waals surface area contributed by atoms with Crippen molar-refractivity contribution in [1.29, 1.82) is 5.26 Å².